The predicted octanol–water partition coefficient (Wildman–Crippen LogP) is 5.40. The van der Waals surface area contributed by atoms with Crippen LogP contribution in [0.3, 0.4) is 0 Å². The van der Waals surface area contributed by atoms with Crippen molar-refractivity contribution in [2.24, 2.45) is 5.41 Å². The number of alkyl halides is 3. The van der Waals surface area contributed by atoms with Crippen molar-refractivity contribution < 1.29 is 22.7 Å². The van der Waals surface area contributed by atoms with Gasteiger partial charge in [0.15, 0.2) is 0 Å². The van der Waals surface area contributed by atoms with Gasteiger partial charge < -0.3 is 4.74 Å². The van der Waals surface area contributed by atoms with Crippen molar-refractivity contribution in [3.8, 4) is 5.75 Å². The van der Waals surface area contributed by atoms with Crippen molar-refractivity contribution in [1.82, 2.24) is 10.4 Å². The van der Waals surface area contributed by atoms with E-state index in [9.17, 15) is 18.0 Å². The number of hydrogen-bond acceptors (Lipinski definition) is 3. The van der Waals surface area contributed by atoms with Gasteiger partial charge >= 0.3 is 6.18 Å². The monoisotopic (exact) mass is 400 g/mol. The topological polar surface area (TPSA) is 41.6 Å². The quantitative estimate of drug-likeness (QED) is 0.535. The molecule has 1 saturated heterocycles. The van der Waals surface area contributed by atoms with Gasteiger partial charge in [-0.2, -0.15) is 13.2 Å². The zero-order chi connectivity index (χ0) is 20.8. The standard InChI is InChI=1S/C21H31F3N2O2/c1-4-5-6-7-8-9-14-28-17-12-10-16(11-13-17)18(21(22,23)24)26-15-20(2,3)19(27)25-26/h10-13,18H,4-9,14-15H2,1-3H3,(H,25,27)/t18-/m0/s1. The summed E-state index contributed by atoms with van der Waals surface area (Å²) in [4.78, 5) is 11.9. The number of unbranched alkanes of at least 4 members (excludes halogenated alkanes) is 5. The van der Waals surface area contributed by atoms with Gasteiger partial charge in [0.2, 0.25) is 5.91 Å². The molecule has 1 aromatic carbocycles. The summed E-state index contributed by atoms with van der Waals surface area (Å²) in [6, 6.07) is 4.09. The highest BCUT2D eigenvalue weighted by molar-refractivity contribution is 5.83. The number of halogens is 3. The fourth-order valence-corrected chi connectivity index (χ4v) is 3.34. The number of carbonyl (C=O) groups excluding carboxylic acids is 1. The molecule has 1 aliphatic heterocycles. The number of carbonyl (C=O) groups is 1. The van der Waals surface area contributed by atoms with Gasteiger partial charge in [0.05, 0.1) is 12.0 Å². The maximum atomic E-state index is 13.7. The third kappa shape index (κ3) is 6.12. The lowest BCUT2D eigenvalue weighted by Crippen LogP contribution is -2.43. The van der Waals surface area contributed by atoms with Gasteiger partial charge in [-0.1, -0.05) is 51.2 Å². The Morgan fingerprint density at radius 3 is 2.25 bits per heavy atom. The van der Waals surface area contributed by atoms with Gasteiger partial charge in [-0.15, -0.1) is 0 Å². The second kappa shape index (κ2) is 9.63. The van der Waals surface area contributed by atoms with Crippen molar-refractivity contribution in [3.63, 3.8) is 0 Å². The smallest absolute Gasteiger partial charge is 0.409 e. The van der Waals surface area contributed by atoms with Crippen LogP contribution < -0.4 is 10.2 Å². The van der Waals surface area contributed by atoms with Crippen LogP contribution in [0.25, 0.3) is 0 Å². The molecular formula is C21H31F3N2O2. The summed E-state index contributed by atoms with van der Waals surface area (Å²) in [6.07, 6.45) is 2.39. The Balaban J connectivity index is 1.94. The Hall–Kier alpha value is -1.76. The molecule has 1 amide bonds. The molecule has 0 aromatic heterocycles. The first kappa shape index (κ1) is 22.5. The average Bonchev–Trinajstić information content (AvgIpc) is 2.86. The maximum absolute atomic E-state index is 13.7. The molecule has 158 valence electrons. The fraction of sp³-hybridized carbons (Fsp3) is 0.667. The van der Waals surface area contributed by atoms with Gasteiger partial charge in [-0.25, -0.2) is 5.01 Å². The van der Waals surface area contributed by atoms with E-state index in [4.69, 9.17) is 4.74 Å². The first-order valence-corrected chi connectivity index (χ1v) is 10.0. The van der Waals surface area contributed by atoms with Gasteiger partial charge in [-0.05, 0) is 38.0 Å². The number of ether oxygens (including phenoxy) is 1. The normalized spacial score (nSPS) is 18.1. The fourth-order valence-electron chi connectivity index (χ4n) is 3.34. The van der Waals surface area contributed by atoms with E-state index in [1.54, 1.807) is 26.0 Å². The number of rotatable bonds is 10. The van der Waals surface area contributed by atoms with Gasteiger partial charge in [0, 0.05) is 6.54 Å². The second-order valence-corrected chi connectivity index (χ2v) is 8.08. The number of benzene rings is 1. The van der Waals surface area contributed by atoms with Gasteiger partial charge in [0.25, 0.3) is 0 Å². The summed E-state index contributed by atoms with van der Waals surface area (Å²) in [5.74, 6) is 0.157. The molecule has 1 N–H and O–H groups in total. The second-order valence-electron chi connectivity index (χ2n) is 8.08. The molecule has 1 fully saturated rings. The minimum absolute atomic E-state index is 0.00765. The van der Waals surface area contributed by atoms with Crippen LogP contribution in [0.4, 0.5) is 13.2 Å². The Morgan fingerprint density at radius 1 is 1.11 bits per heavy atom. The lowest BCUT2D eigenvalue weighted by Gasteiger charge is -2.29. The average molecular weight is 400 g/mol. The molecule has 1 aliphatic rings. The minimum Gasteiger partial charge on any atom is -0.494 e. The van der Waals surface area contributed by atoms with Gasteiger partial charge in [-0.3, -0.25) is 10.2 Å². The Labute approximate surface area is 165 Å². The van der Waals surface area contributed by atoms with Crippen molar-refractivity contribution >= 4 is 5.91 Å². The molecule has 7 heteroatoms. The lowest BCUT2D eigenvalue weighted by atomic mass is 9.93. The summed E-state index contributed by atoms with van der Waals surface area (Å²) in [5.41, 5.74) is 1.59. The van der Waals surface area contributed by atoms with Crippen LogP contribution >= 0.6 is 0 Å². The molecule has 0 radical (unpaired) electrons. The van der Waals surface area contributed by atoms with Crippen molar-refractivity contribution in [1.29, 1.82) is 0 Å². The van der Waals surface area contributed by atoms with Crippen molar-refractivity contribution in [2.75, 3.05) is 13.2 Å². The van der Waals surface area contributed by atoms with Crippen LogP contribution in [0, 0.1) is 5.41 Å². The Morgan fingerprint density at radius 2 is 1.71 bits per heavy atom. The van der Waals surface area contributed by atoms with Gasteiger partial charge in [0.1, 0.15) is 11.8 Å². The Kier molecular flexibility index (Phi) is 7.75. The molecule has 28 heavy (non-hydrogen) atoms. The molecule has 0 unspecified atom stereocenters. The van der Waals surface area contributed by atoms with Crippen LogP contribution in [-0.4, -0.2) is 30.2 Å². The molecule has 0 saturated carbocycles. The van der Waals surface area contributed by atoms with E-state index in [0.717, 1.165) is 17.9 Å². The first-order chi connectivity index (χ1) is 13.1. The highest BCUT2D eigenvalue weighted by atomic mass is 19.4. The Bertz CT molecular complexity index is 630. The lowest BCUT2D eigenvalue weighted by molar-refractivity contribution is -0.191. The van der Waals surface area contributed by atoms with Crippen LogP contribution in [-0.2, 0) is 4.79 Å². The molecule has 2 rings (SSSR count). The van der Waals surface area contributed by atoms with Crippen LogP contribution in [0.15, 0.2) is 24.3 Å². The molecule has 0 aliphatic carbocycles. The van der Waals surface area contributed by atoms with Crippen molar-refractivity contribution in [3.05, 3.63) is 29.8 Å². The highest BCUT2D eigenvalue weighted by Crippen LogP contribution is 2.40. The van der Waals surface area contributed by atoms with Crippen molar-refractivity contribution in [2.45, 2.75) is 71.5 Å². The van der Waals surface area contributed by atoms with E-state index in [1.807, 2.05) is 0 Å². The van der Waals surface area contributed by atoms with E-state index in [-0.39, 0.29) is 12.1 Å². The van der Waals surface area contributed by atoms with Crippen LogP contribution in [0.2, 0.25) is 0 Å². The number of amides is 1. The molecule has 0 bridgehead atoms. The summed E-state index contributed by atoms with van der Waals surface area (Å²) >= 11 is 0. The zero-order valence-electron chi connectivity index (χ0n) is 16.9. The summed E-state index contributed by atoms with van der Waals surface area (Å²) in [7, 11) is 0. The zero-order valence-corrected chi connectivity index (χ0v) is 16.9. The summed E-state index contributed by atoms with van der Waals surface area (Å²) < 4.78 is 46.7. The van der Waals surface area contributed by atoms with Crippen LogP contribution in [0.5, 0.6) is 5.75 Å². The molecule has 1 aromatic rings. The molecule has 4 nitrogen and oxygen atoms in total. The largest absolute Gasteiger partial charge is 0.494 e. The number of nitrogens with one attached hydrogen (secondary N) is 1. The number of hydrazine groups is 1. The van der Waals surface area contributed by atoms with E-state index < -0.39 is 23.5 Å². The van der Waals surface area contributed by atoms with E-state index >= 15 is 0 Å². The summed E-state index contributed by atoms with van der Waals surface area (Å²) in [6.45, 7) is 6.00. The third-order valence-electron chi connectivity index (χ3n) is 5.01. The molecular weight excluding hydrogens is 369 g/mol. The molecule has 1 atom stereocenters. The minimum atomic E-state index is -4.51. The van der Waals surface area contributed by atoms with E-state index in [2.05, 4.69) is 12.3 Å². The maximum Gasteiger partial charge on any atom is 0.409 e. The SMILES string of the molecule is CCCCCCCCOc1ccc([C@H](N2CC(C)(C)C(=O)N2)C(F)(F)F)cc1. The molecule has 1 heterocycles. The number of hydrogen-bond donors (Lipinski definition) is 1. The van der Waals surface area contributed by atoms with Crippen LogP contribution in [0.1, 0.15) is 70.9 Å². The predicted molar refractivity (Wildman–Crippen MR) is 103 cm³/mol. The molecule has 0 spiro atoms. The first-order valence-electron chi connectivity index (χ1n) is 10.0. The highest BCUT2D eigenvalue weighted by Gasteiger charge is 2.51. The van der Waals surface area contributed by atoms with E-state index in [0.29, 0.717) is 12.4 Å². The van der Waals surface area contributed by atoms with E-state index in [1.165, 1.54) is 37.8 Å². The number of nitrogens with zero attached hydrogens (tertiary/aromatic N) is 1. The summed E-state index contributed by atoms with van der Waals surface area (Å²) in [5, 5.41) is 0.981. The third-order valence-corrected chi connectivity index (χ3v) is 5.01.